The predicted molar refractivity (Wildman–Crippen MR) is 79.6 cm³/mol. The minimum atomic E-state index is -0.199. The zero-order valence-electron chi connectivity index (χ0n) is 11.2. The van der Waals surface area contributed by atoms with E-state index in [-0.39, 0.29) is 11.3 Å². The molecule has 21 heavy (non-hydrogen) atoms. The van der Waals surface area contributed by atoms with Crippen molar-refractivity contribution in [1.82, 2.24) is 9.13 Å². The van der Waals surface area contributed by atoms with Crippen LogP contribution in [-0.4, -0.2) is 15.0 Å². The predicted octanol–water partition coefficient (Wildman–Crippen LogP) is 2.81. The van der Waals surface area contributed by atoms with Crippen LogP contribution in [0.25, 0.3) is 22.3 Å². The van der Waals surface area contributed by atoms with Crippen molar-refractivity contribution in [2.24, 2.45) is 0 Å². The molecule has 1 aromatic carbocycles. The van der Waals surface area contributed by atoms with Gasteiger partial charge in [0.1, 0.15) is 5.56 Å². The summed E-state index contributed by atoms with van der Waals surface area (Å²) in [5.74, 6) is -0.199. The summed E-state index contributed by atoms with van der Waals surface area (Å²) in [5, 5.41) is 0.641. The van der Waals surface area contributed by atoms with E-state index in [0.717, 1.165) is 29.7 Å². The van der Waals surface area contributed by atoms with Gasteiger partial charge in [0.2, 0.25) is 5.43 Å². The Morgan fingerprint density at radius 1 is 1.00 bits per heavy atom. The lowest BCUT2D eigenvalue weighted by molar-refractivity contribution is 0.0968. The largest absolute Gasteiger partial charge is 0.335 e. The van der Waals surface area contributed by atoms with E-state index in [1.54, 1.807) is 10.8 Å². The van der Waals surface area contributed by atoms with E-state index in [1.807, 2.05) is 36.4 Å². The number of carbonyl (C=O) groups excluding carboxylic acids is 1. The molecule has 3 heterocycles. The van der Waals surface area contributed by atoms with Gasteiger partial charge >= 0.3 is 0 Å². The lowest BCUT2D eigenvalue weighted by Crippen LogP contribution is -2.19. The first kappa shape index (κ1) is 11.1. The smallest absolute Gasteiger partial charge is 0.268 e. The van der Waals surface area contributed by atoms with Gasteiger partial charge < -0.3 is 4.57 Å². The number of benzene rings is 1. The molecule has 1 aliphatic heterocycles. The molecule has 5 rings (SSSR count). The zero-order chi connectivity index (χ0) is 14.1. The molecule has 1 saturated carbocycles. The highest BCUT2D eigenvalue weighted by atomic mass is 16.2. The first-order valence-corrected chi connectivity index (χ1v) is 7.17. The summed E-state index contributed by atoms with van der Waals surface area (Å²) in [4.78, 5) is 25.3. The molecule has 3 aromatic rings. The van der Waals surface area contributed by atoms with Crippen LogP contribution in [0.4, 0.5) is 0 Å². The Morgan fingerprint density at radius 2 is 1.81 bits per heavy atom. The van der Waals surface area contributed by atoms with Crippen LogP contribution in [0.2, 0.25) is 0 Å². The summed E-state index contributed by atoms with van der Waals surface area (Å²) in [6, 6.07) is 11.8. The second kappa shape index (κ2) is 3.52. The normalized spacial score (nSPS) is 16.3. The lowest BCUT2D eigenvalue weighted by atomic mass is 10.1. The van der Waals surface area contributed by atoms with Crippen LogP contribution in [-0.2, 0) is 0 Å². The molecule has 0 radical (unpaired) electrons. The molecule has 1 fully saturated rings. The Morgan fingerprint density at radius 3 is 2.62 bits per heavy atom. The standard InChI is InChI=1S/C17H12N2O2/c20-16-11-4-1-2-5-12(11)19(10-7-8-10)15-13-6-3-9-18(13)17(21)14(15)16/h1-6,9-10H,7-8H2. The molecule has 1 aliphatic carbocycles. The summed E-state index contributed by atoms with van der Waals surface area (Å²) < 4.78 is 3.78. The van der Waals surface area contributed by atoms with Gasteiger partial charge in [0.15, 0.2) is 0 Å². The Bertz CT molecular complexity index is 990. The summed E-state index contributed by atoms with van der Waals surface area (Å²) in [7, 11) is 0. The number of pyridine rings is 1. The Kier molecular flexibility index (Phi) is 1.86. The molecule has 0 spiro atoms. The highest BCUT2D eigenvalue weighted by Gasteiger charge is 2.37. The van der Waals surface area contributed by atoms with Crippen molar-refractivity contribution >= 4 is 16.8 Å². The first-order valence-electron chi connectivity index (χ1n) is 7.17. The van der Waals surface area contributed by atoms with Crippen molar-refractivity contribution in [3.63, 3.8) is 0 Å². The van der Waals surface area contributed by atoms with E-state index < -0.39 is 0 Å². The summed E-state index contributed by atoms with van der Waals surface area (Å²) in [5.41, 5.74) is 2.76. The van der Waals surface area contributed by atoms with Crippen molar-refractivity contribution in [2.45, 2.75) is 18.9 Å². The van der Waals surface area contributed by atoms with E-state index in [2.05, 4.69) is 4.57 Å². The van der Waals surface area contributed by atoms with E-state index in [9.17, 15) is 9.59 Å². The third-order valence-corrected chi connectivity index (χ3v) is 4.45. The van der Waals surface area contributed by atoms with Crippen LogP contribution in [0.3, 0.4) is 0 Å². The first-order chi connectivity index (χ1) is 10.3. The van der Waals surface area contributed by atoms with Gasteiger partial charge in [-0.15, -0.1) is 0 Å². The topological polar surface area (TPSA) is 44.0 Å². The molecular weight excluding hydrogens is 264 g/mol. The number of carbonyl (C=O) groups is 1. The molecule has 0 unspecified atom stereocenters. The lowest BCUT2D eigenvalue weighted by Gasteiger charge is -2.15. The van der Waals surface area contributed by atoms with E-state index in [4.69, 9.17) is 0 Å². The minimum Gasteiger partial charge on any atom is -0.335 e. The van der Waals surface area contributed by atoms with Crippen LogP contribution in [0.15, 0.2) is 47.4 Å². The van der Waals surface area contributed by atoms with Gasteiger partial charge in [0, 0.05) is 17.6 Å². The highest BCUT2D eigenvalue weighted by Crippen LogP contribution is 2.43. The van der Waals surface area contributed by atoms with E-state index in [1.165, 1.54) is 0 Å². The monoisotopic (exact) mass is 276 g/mol. The molecular formula is C17H12N2O2. The number of hydrogen-bond donors (Lipinski definition) is 0. The second-order valence-electron chi connectivity index (χ2n) is 5.74. The highest BCUT2D eigenvalue weighted by molar-refractivity contribution is 6.10. The number of nitrogens with zero attached hydrogens (tertiary/aromatic N) is 2. The molecule has 4 heteroatoms. The Labute approximate surface area is 120 Å². The summed E-state index contributed by atoms with van der Waals surface area (Å²) in [6.45, 7) is 0. The number of aromatic nitrogens is 2. The third kappa shape index (κ3) is 1.25. The minimum absolute atomic E-state index is 0.147. The van der Waals surface area contributed by atoms with Crippen molar-refractivity contribution in [3.05, 3.63) is 58.4 Å². The quantitative estimate of drug-likeness (QED) is 0.536. The van der Waals surface area contributed by atoms with Gasteiger partial charge in [0.05, 0.1) is 16.9 Å². The van der Waals surface area contributed by atoms with E-state index in [0.29, 0.717) is 17.0 Å². The van der Waals surface area contributed by atoms with Crippen LogP contribution >= 0.6 is 0 Å². The zero-order valence-corrected chi connectivity index (χ0v) is 11.2. The molecule has 102 valence electrons. The fourth-order valence-electron chi connectivity index (χ4n) is 3.39. The van der Waals surface area contributed by atoms with Gasteiger partial charge in [-0.25, -0.2) is 0 Å². The number of fused-ring (bicyclic) bond motifs is 4. The van der Waals surface area contributed by atoms with Crippen LogP contribution < -0.4 is 5.43 Å². The molecule has 0 atom stereocenters. The average Bonchev–Trinajstić information content (AvgIpc) is 3.14. The molecule has 4 nitrogen and oxygen atoms in total. The van der Waals surface area contributed by atoms with Gasteiger partial charge in [-0.2, -0.15) is 0 Å². The van der Waals surface area contributed by atoms with E-state index >= 15 is 0 Å². The second-order valence-corrected chi connectivity index (χ2v) is 5.74. The Balaban J connectivity index is 2.06. The molecule has 0 saturated heterocycles. The van der Waals surface area contributed by atoms with Crippen molar-refractivity contribution in [3.8, 4) is 11.4 Å². The van der Waals surface area contributed by atoms with Crippen LogP contribution in [0.1, 0.15) is 29.2 Å². The van der Waals surface area contributed by atoms with Gasteiger partial charge in [-0.05, 0) is 37.1 Å². The van der Waals surface area contributed by atoms with Crippen LogP contribution in [0.5, 0.6) is 0 Å². The number of para-hydroxylation sites is 1. The average molecular weight is 276 g/mol. The summed E-state index contributed by atoms with van der Waals surface area (Å²) >= 11 is 0. The van der Waals surface area contributed by atoms with Crippen molar-refractivity contribution in [2.75, 3.05) is 0 Å². The van der Waals surface area contributed by atoms with Crippen molar-refractivity contribution in [1.29, 1.82) is 0 Å². The molecule has 0 amide bonds. The summed E-state index contributed by atoms with van der Waals surface area (Å²) in [6.07, 6.45) is 3.95. The fraction of sp³-hybridized carbons (Fsp3) is 0.176. The maximum absolute atomic E-state index is 12.7. The van der Waals surface area contributed by atoms with Crippen LogP contribution in [0, 0.1) is 0 Å². The number of rotatable bonds is 1. The fourth-order valence-corrected chi connectivity index (χ4v) is 3.39. The SMILES string of the molecule is O=C1c2c(n(C3CC3)c3ccccc3c2=O)-c2cccn21. The van der Waals surface area contributed by atoms with Gasteiger partial charge in [-0.1, -0.05) is 12.1 Å². The maximum Gasteiger partial charge on any atom is 0.268 e. The molecule has 2 aliphatic rings. The van der Waals surface area contributed by atoms with Gasteiger partial charge in [0.25, 0.3) is 5.91 Å². The maximum atomic E-state index is 12.7. The molecule has 0 N–H and O–H groups in total. The number of hydrogen-bond acceptors (Lipinski definition) is 2. The molecule has 0 bridgehead atoms. The van der Waals surface area contributed by atoms with Crippen molar-refractivity contribution < 1.29 is 4.79 Å². The third-order valence-electron chi connectivity index (χ3n) is 4.45. The Hall–Kier alpha value is -2.62. The molecule has 2 aromatic heterocycles. The van der Waals surface area contributed by atoms with Gasteiger partial charge in [-0.3, -0.25) is 14.2 Å².